The van der Waals surface area contributed by atoms with Gasteiger partial charge in [0.2, 0.25) is 0 Å². The van der Waals surface area contributed by atoms with Crippen LogP contribution in [0.4, 0.5) is 13.2 Å². The normalized spacial score (nSPS) is 22.8. The summed E-state index contributed by atoms with van der Waals surface area (Å²) in [6.45, 7) is 9.15. The van der Waals surface area contributed by atoms with Crippen molar-refractivity contribution in [2.45, 2.75) is 33.9 Å². The molecule has 1 N–H and O–H groups in total. The summed E-state index contributed by atoms with van der Waals surface area (Å²) in [6, 6.07) is 0. The molecule has 5 heteroatoms. The van der Waals surface area contributed by atoms with Crippen molar-refractivity contribution < 1.29 is 17.9 Å². The number of rotatable bonds is 6. The van der Waals surface area contributed by atoms with E-state index >= 15 is 0 Å². The van der Waals surface area contributed by atoms with E-state index in [4.69, 9.17) is 0 Å². The summed E-state index contributed by atoms with van der Waals surface area (Å²) in [5.41, 5.74) is 0.625. The highest BCUT2D eigenvalue weighted by Gasteiger charge is 2.63. The fourth-order valence-corrected chi connectivity index (χ4v) is 2.42. The molecule has 17 heavy (non-hydrogen) atoms. The molecule has 0 aromatic carbocycles. The van der Waals surface area contributed by atoms with Gasteiger partial charge in [0.05, 0.1) is 6.61 Å². The van der Waals surface area contributed by atoms with Crippen LogP contribution in [0.5, 0.6) is 0 Å². The lowest BCUT2D eigenvalue weighted by Gasteiger charge is -2.09. The zero-order valence-corrected chi connectivity index (χ0v) is 10.9. The number of nitrogens with one attached hydrogen (secondary N) is 1. The van der Waals surface area contributed by atoms with E-state index < -0.39 is 12.8 Å². The van der Waals surface area contributed by atoms with E-state index in [1.54, 1.807) is 0 Å². The Morgan fingerprint density at radius 3 is 2.06 bits per heavy atom. The minimum Gasteiger partial charge on any atom is -0.371 e. The first kappa shape index (κ1) is 14.8. The van der Waals surface area contributed by atoms with Crippen molar-refractivity contribution in [3.05, 3.63) is 0 Å². The SMILES string of the molecule is CC1(C)C(CNCCOCC(F)(F)F)C1(C)C. The van der Waals surface area contributed by atoms with Crippen molar-refractivity contribution in [1.29, 1.82) is 0 Å². The molecule has 0 aromatic rings. The number of ether oxygens (including phenoxy) is 1. The Morgan fingerprint density at radius 1 is 1.12 bits per heavy atom. The molecule has 0 aromatic heterocycles. The number of alkyl halides is 3. The Labute approximate surface area is 101 Å². The molecule has 0 amide bonds. The largest absolute Gasteiger partial charge is 0.411 e. The topological polar surface area (TPSA) is 21.3 Å². The maximum Gasteiger partial charge on any atom is 0.411 e. The van der Waals surface area contributed by atoms with Gasteiger partial charge in [0, 0.05) is 6.54 Å². The van der Waals surface area contributed by atoms with Crippen LogP contribution in [0, 0.1) is 16.7 Å². The van der Waals surface area contributed by atoms with Crippen LogP contribution >= 0.6 is 0 Å². The third kappa shape index (κ3) is 3.58. The second-order valence-electron chi connectivity index (χ2n) is 5.87. The fourth-order valence-electron chi connectivity index (χ4n) is 2.42. The second kappa shape index (κ2) is 4.76. The molecule has 1 fully saturated rings. The molecule has 0 radical (unpaired) electrons. The van der Waals surface area contributed by atoms with E-state index in [9.17, 15) is 13.2 Å². The smallest absolute Gasteiger partial charge is 0.371 e. The lowest BCUT2D eigenvalue weighted by molar-refractivity contribution is -0.173. The van der Waals surface area contributed by atoms with Crippen LogP contribution in [-0.2, 0) is 4.74 Å². The number of hydrogen-bond donors (Lipinski definition) is 1. The summed E-state index contributed by atoms with van der Waals surface area (Å²) < 4.78 is 39.8. The zero-order valence-electron chi connectivity index (χ0n) is 10.9. The fraction of sp³-hybridized carbons (Fsp3) is 1.00. The van der Waals surface area contributed by atoms with Crippen LogP contribution in [0.15, 0.2) is 0 Å². The monoisotopic (exact) mass is 253 g/mol. The molecule has 0 unspecified atom stereocenters. The van der Waals surface area contributed by atoms with Gasteiger partial charge in [-0.3, -0.25) is 0 Å². The lowest BCUT2D eigenvalue weighted by Crippen LogP contribution is -2.26. The molecule has 102 valence electrons. The van der Waals surface area contributed by atoms with E-state index in [2.05, 4.69) is 37.7 Å². The molecule has 2 nitrogen and oxygen atoms in total. The summed E-state index contributed by atoms with van der Waals surface area (Å²) >= 11 is 0. The predicted molar refractivity (Wildman–Crippen MR) is 60.8 cm³/mol. The van der Waals surface area contributed by atoms with E-state index in [1.165, 1.54) is 0 Å². The van der Waals surface area contributed by atoms with Crippen LogP contribution in [0.3, 0.4) is 0 Å². The molecule has 0 heterocycles. The maximum absolute atomic E-state index is 11.8. The van der Waals surface area contributed by atoms with Gasteiger partial charge in [-0.25, -0.2) is 0 Å². The first-order chi connectivity index (χ1) is 7.59. The molecule has 0 atom stereocenters. The van der Waals surface area contributed by atoms with Crippen molar-refractivity contribution in [1.82, 2.24) is 5.32 Å². The highest BCUT2D eigenvalue weighted by Crippen LogP contribution is 2.67. The molecule has 0 spiro atoms. The summed E-state index contributed by atoms with van der Waals surface area (Å²) in [5.74, 6) is 0.581. The molecular formula is C12H22F3NO. The van der Waals surface area contributed by atoms with Gasteiger partial charge in [-0.15, -0.1) is 0 Å². The van der Waals surface area contributed by atoms with Crippen molar-refractivity contribution in [2.75, 3.05) is 26.3 Å². The highest BCUT2D eigenvalue weighted by atomic mass is 19.4. The Morgan fingerprint density at radius 2 is 1.65 bits per heavy atom. The number of hydrogen-bond acceptors (Lipinski definition) is 2. The first-order valence-electron chi connectivity index (χ1n) is 5.94. The minimum absolute atomic E-state index is 0.104. The van der Waals surface area contributed by atoms with Gasteiger partial charge >= 0.3 is 6.18 Å². The summed E-state index contributed by atoms with van der Waals surface area (Å²) in [7, 11) is 0. The average Bonchev–Trinajstić information content (AvgIpc) is 2.50. The highest BCUT2D eigenvalue weighted by molar-refractivity contribution is 5.12. The van der Waals surface area contributed by atoms with Crippen LogP contribution < -0.4 is 5.32 Å². The van der Waals surface area contributed by atoms with Crippen molar-refractivity contribution in [2.24, 2.45) is 16.7 Å². The van der Waals surface area contributed by atoms with Gasteiger partial charge in [0.25, 0.3) is 0 Å². The Kier molecular flexibility index (Phi) is 4.14. The second-order valence-corrected chi connectivity index (χ2v) is 5.87. The van der Waals surface area contributed by atoms with Gasteiger partial charge in [0.15, 0.2) is 0 Å². The van der Waals surface area contributed by atoms with Crippen LogP contribution in [-0.4, -0.2) is 32.5 Å². The van der Waals surface area contributed by atoms with Crippen molar-refractivity contribution in [3.8, 4) is 0 Å². The van der Waals surface area contributed by atoms with Gasteiger partial charge in [-0.05, 0) is 23.3 Å². The Bertz CT molecular complexity index is 247. The Hall–Kier alpha value is -0.290. The van der Waals surface area contributed by atoms with Crippen LogP contribution in [0.1, 0.15) is 27.7 Å². The minimum atomic E-state index is -4.22. The molecule has 0 aliphatic heterocycles. The molecule has 0 bridgehead atoms. The predicted octanol–water partition coefficient (Wildman–Crippen LogP) is 2.84. The van der Waals surface area contributed by atoms with Gasteiger partial charge < -0.3 is 10.1 Å². The molecule has 1 saturated carbocycles. The summed E-state index contributed by atoms with van der Waals surface area (Å²) in [4.78, 5) is 0. The molecule has 0 saturated heterocycles. The number of halogens is 3. The third-order valence-corrected chi connectivity index (χ3v) is 4.36. The van der Waals surface area contributed by atoms with Crippen molar-refractivity contribution >= 4 is 0 Å². The standard InChI is InChI=1S/C12H22F3NO/c1-10(2)9(11(10,3)4)7-16-5-6-17-8-12(13,14)15/h9,16H,5-8H2,1-4H3. The quantitative estimate of drug-likeness (QED) is 0.735. The van der Waals surface area contributed by atoms with E-state index in [1.807, 2.05) is 0 Å². The lowest BCUT2D eigenvalue weighted by atomic mass is 10.0. The maximum atomic E-state index is 11.8. The zero-order chi connectivity index (χ0) is 13.3. The van der Waals surface area contributed by atoms with Gasteiger partial charge in [0.1, 0.15) is 6.61 Å². The van der Waals surface area contributed by atoms with E-state index in [0.29, 0.717) is 23.3 Å². The van der Waals surface area contributed by atoms with Gasteiger partial charge in [-0.1, -0.05) is 27.7 Å². The molecule has 1 aliphatic carbocycles. The average molecular weight is 253 g/mol. The first-order valence-corrected chi connectivity index (χ1v) is 5.94. The summed E-state index contributed by atoms with van der Waals surface area (Å²) in [6.07, 6.45) is -4.22. The van der Waals surface area contributed by atoms with Gasteiger partial charge in [-0.2, -0.15) is 13.2 Å². The van der Waals surface area contributed by atoms with Crippen LogP contribution in [0.2, 0.25) is 0 Å². The summed E-state index contributed by atoms with van der Waals surface area (Å²) in [5, 5.41) is 3.15. The van der Waals surface area contributed by atoms with Crippen LogP contribution in [0.25, 0.3) is 0 Å². The third-order valence-electron chi connectivity index (χ3n) is 4.36. The molecule has 1 rings (SSSR count). The molecular weight excluding hydrogens is 231 g/mol. The molecule has 1 aliphatic rings. The Balaban J connectivity index is 2.04. The van der Waals surface area contributed by atoms with E-state index in [0.717, 1.165) is 6.54 Å². The van der Waals surface area contributed by atoms with E-state index in [-0.39, 0.29) is 6.61 Å². The van der Waals surface area contributed by atoms with Crippen molar-refractivity contribution in [3.63, 3.8) is 0 Å².